The average Bonchev–Trinajstić information content (AvgIpc) is 2.47. The molecule has 1 atom stereocenters. The van der Waals surface area contributed by atoms with E-state index in [2.05, 4.69) is 32.0 Å². The highest BCUT2D eigenvalue weighted by Gasteiger charge is 2.26. The molecule has 0 aliphatic carbocycles. The van der Waals surface area contributed by atoms with E-state index in [1.807, 2.05) is 18.2 Å². The zero-order valence-electron chi connectivity index (χ0n) is 12.8. The summed E-state index contributed by atoms with van der Waals surface area (Å²) in [4.78, 5) is 0. The van der Waals surface area contributed by atoms with Crippen LogP contribution < -0.4 is 0 Å². The first-order valence-electron chi connectivity index (χ1n) is 7.26. The van der Waals surface area contributed by atoms with Gasteiger partial charge in [0.15, 0.2) is 0 Å². The Morgan fingerprint density at radius 1 is 1.10 bits per heavy atom. The van der Waals surface area contributed by atoms with Gasteiger partial charge in [-0.25, -0.2) is 0 Å². The van der Waals surface area contributed by atoms with Crippen LogP contribution in [0.5, 0.6) is 0 Å². The maximum atomic E-state index is 10.9. The number of hydrogen-bond acceptors (Lipinski definition) is 2. The number of nitriles is 1. The fraction of sp³-hybridized carbons (Fsp3) is 0.316. The van der Waals surface area contributed by atoms with Crippen molar-refractivity contribution in [2.45, 2.75) is 32.8 Å². The summed E-state index contributed by atoms with van der Waals surface area (Å²) in [5, 5.41) is 19.9. The molecule has 2 rings (SSSR count). The quantitative estimate of drug-likeness (QED) is 0.919. The van der Waals surface area contributed by atoms with Crippen LogP contribution in [0.4, 0.5) is 0 Å². The molecule has 2 heteroatoms. The zero-order valence-corrected chi connectivity index (χ0v) is 12.8. The summed E-state index contributed by atoms with van der Waals surface area (Å²) >= 11 is 0. The van der Waals surface area contributed by atoms with Crippen molar-refractivity contribution in [3.63, 3.8) is 0 Å². The third-order valence-corrected chi connectivity index (χ3v) is 3.69. The van der Waals surface area contributed by atoms with Crippen molar-refractivity contribution in [3.05, 3.63) is 70.8 Å². The Bertz CT molecular complexity index is 665. The standard InChI is InChI=1S/C19H21NO/c1-14(2)10-15-6-4-8-17(11-15)19(3,21)18-9-5-7-16(12-18)13-20/h4-9,11-12,14,21H,10H2,1-3H3. The highest BCUT2D eigenvalue weighted by molar-refractivity contribution is 5.41. The van der Waals surface area contributed by atoms with E-state index >= 15 is 0 Å². The minimum Gasteiger partial charge on any atom is -0.381 e. The predicted octanol–water partition coefficient (Wildman–Crippen LogP) is 4.01. The van der Waals surface area contributed by atoms with E-state index in [9.17, 15) is 5.11 Å². The van der Waals surface area contributed by atoms with Crippen molar-refractivity contribution < 1.29 is 5.11 Å². The first-order chi connectivity index (χ1) is 9.93. The molecule has 0 amide bonds. The number of nitrogens with zero attached hydrogens (tertiary/aromatic N) is 1. The molecule has 0 fully saturated rings. The third-order valence-electron chi connectivity index (χ3n) is 3.69. The summed E-state index contributed by atoms with van der Waals surface area (Å²) < 4.78 is 0. The largest absolute Gasteiger partial charge is 0.381 e. The number of hydrogen-bond donors (Lipinski definition) is 1. The molecule has 2 aromatic rings. The van der Waals surface area contributed by atoms with Crippen molar-refractivity contribution >= 4 is 0 Å². The van der Waals surface area contributed by atoms with Crippen LogP contribution in [0.25, 0.3) is 0 Å². The first-order valence-corrected chi connectivity index (χ1v) is 7.26. The average molecular weight is 279 g/mol. The van der Waals surface area contributed by atoms with Crippen LogP contribution >= 0.6 is 0 Å². The van der Waals surface area contributed by atoms with E-state index in [1.54, 1.807) is 25.1 Å². The lowest BCUT2D eigenvalue weighted by atomic mass is 9.86. The van der Waals surface area contributed by atoms with Gasteiger partial charge in [0, 0.05) is 0 Å². The molecule has 21 heavy (non-hydrogen) atoms. The van der Waals surface area contributed by atoms with Gasteiger partial charge >= 0.3 is 0 Å². The Labute approximate surface area is 126 Å². The van der Waals surface area contributed by atoms with Crippen molar-refractivity contribution in [3.8, 4) is 6.07 Å². The molecule has 0 radical (unpaired) electrons. The first kappa shape index (κ1) is 15.3. The van der Waals surface area contributed by atoms with Gasteiger partial charge in [-0.05, 0) is 48.1 Å². The molecular weight excluding hydrogens is 258 g/mol. The molecule has 0 heterocycles. The van der Waals surface area contributed by atoms with Crippen molar-refractivity contribution in [1.82, 2.24) is 0 Å². The van der Waals surface area contributed by atoms with E-state index < -0.39 is 5.60 Å². The Morgan fingerprint density at radius 2 is 1.71 bits per heavy atom. The van der Waals surface area contributed by atoms with Crippen LogP contribution in [-0.2, 0) is 12.0 Å². The van der Waals surface area contributed by atoms with Crippen LogP contribution in [0.15, 0.2) is 48.5 Å². The summed E-state index contributed by atoms with van der Waals surface area (Å²) in [5.41, 5.74) is 2.28. The van der Waals surface area contributed by atoms with Gasteiger partial charge in [0.05, 0.1) is 11.6 Å². The molecule has 0 saturated carbocycles. The molecule has 1 unspecified atom stereocenters. The van der Waals surface area contributed by atoms with Gasteiger partial charge in [-0.2, -0.15) is 5.26 Å². The van der Waals surface area contributed by atoms with E-state index in [0.717, 1.165) is 17.5 Å². The van der Waals surface area contributed by atoms with E-state index in [4.69, 9.17) is 5.26 Å². The molecule has 1 N–H and O–H groups in total. The highest BCUT2D eigenvalue weighted by atomic mass is 16.3. The Hall–Kier alpha value is -2.11. The van der Waals surface area contributed by atoms with Gasteiger partial charge in [0.2, 0.25) is 0 Å². The lowest BCUT2D eigenvalue weighted by Gasteiger charge is -2.25. The fourth-order valence-electron chi connectivity index (χ4n) is 2.53. The highest BCUT2D eigenvalue weighted by Crippen LogP contribution is 2.30. The van der Waals surface area contributed by atoms with E-state index in [1.165, 1.54) is 5.56 Å². The molecular formula is C19H21NO. The minimum atomic E-state index is -1.10. The summed E-state index contributed by atoms with van der Waals surface area (Å²) in [6.07, 6.45) is 0.988. The molecule has 2 nitrogen and oxygen atoms in total. The lowest BCUT2D eigenvalue weighted by Crippen LogP contribution is -2.23. The van der Waals surface area contributed by atoms with E-state index in [0.29, 0.717) is 11.5 Å². The molecule has 0 saturated heterocycles. The van der Waals surface area contributed by atoms with E-state index in [-0.39, 0.29) is 0 Å². The Kier molecular flexibility index (Phi) is 4.45. The topological polar surface area (TPSA) is 44.0 Å². The number of aliphatic hydroxyl groups is 1. The summed E-state index contributed by atoms with van der Waals surface area (Å²) in [5.74, 6) is 0.576. The maximum absolute atomic E-state index is 10.9. The van der Waals surface area contributed by atoms with Crippen LogP contribution in [0.1, 0.15) is 43.0 Å². The van der Waals surface area contributed by atoms with Gasteiger partial charge in [0.25, 0.3) is 0 Å². The fourth-order valence-corrected chi connectivity index (χ4v) is 2.53. The molecule has 0 aromatic heterocycles. The van der Waals surface area contributed by atoms with Crippen molar-refractivity contribution in [1.29, 1.82) is 5.26 Å². The molecule has 0 bridgehead atoms. The molecule has 0 aliphatic rings. The number of rotatable bonds is 4. The van der Waals surface area contributed by atoms with Crippen LogP contribution in [0.2, 0.25) is 0 Å². The predicted molar refractivity (Wildman–Crippen MR) is 84.8 cm³/mol. The number of benzene rings is 2. The second kappa shape index (κ2) is 6.11. The summed E-state index contributed by atoms with van der Waals surface area (Å²) in [6.45, 7) is 6.14. The second-order valence-corrected chi connectivity index (χ2v) is 6.06. The molecule has 2 aromatic carbocycles. The zero-order chi connectivity index (χ0) is 15.5. The van der Waals surface area contributed by atoms with Crippen LogP contribution in [0.3, 0.4) is 0 Å². The summed E-state index contributed by atoms with van der Waals surface area (Å²) in [6, 6.07) is 17.3. The SMILES string of the molecule is CC(C)Cc1cccc(C(C)(O)c2cccc(C#N)c2)c1. The monoisotopic (exact) mass is 279 g/mol. The van der Waals surface area contributed by atoms with Gasteiger partial charge in [-0.1, -0.05) is 50.2 Å². The molecule has 0 aliphatic heterocycles. The smallest absolute Gasteiger partial charge is 0.112 e. The van der Waals surface area contributed by atoms with Gasteiger partial charge in [-0.3, -0.25) is 0 Å². The van der Waals surface area contributed by atoms with Crippen molar-refractivity contribution in [2.75, 3.05) is 0 Å². The molecule has 108 valence electrons. The Balaban J connectivity index is 2.41. The van der Waals surface area contributed by atoms with Gasteiger partial charge < -0.3 is 5.11 Å². The normalized spacial score (nSPS) is 13.7. The van der Waals surface area contributed by atoms with Crippen LogP contribution in [-0.4, -0.2) is 5.11 Å². The third kappa shape index (κ3) is 3.51. The second-order valence-electron chi connectivity index (χ2n) is 6.06. The van der Waals surface area contributed by atoms with Crippen LogP contribution in [0, 0.1) is 17.2 Å². The van der Waals surface area contributed by atoms with Gasteiger partial charge in [0.1, 0.15) is 5.60 Å². The summed E-state index contributed by atoms with van der Waals surface area (Å²) in [7, 11) is 0. The van der Waals surface area contributed by atoms with Gasteiger partial charge in [-0.15, -0.1) is 0 Å². The molecule has 0 spiro atoms. The Morgan fingerprint density at radius 3 is 2.33 bits per heavy atom. The maximum Gasteiger partial charge on any atom is 0.112 e. The van der Waals surface area contributed by atoms with Crippen molar-refractivity contribution in [2.24, 2.45) is 5.92 Å². The lowest BCUT2D eigenvalue weighted by molar-refractivity contribution is 0.102. The minimum absolute atomic E-state index is 0.561.